The van der Waals surface area contributed by atoms with Crippen molar-refractivity contribution in [3.05, 3.63) is 0 Å². The van der Waals surface area contributed by atoms with Gasteiger partial charge < -0.3 is 10.1 Å². The van der Waals surface area contributed by atoms with Gasteiger partial charge in [-0.05, 0) is 40.7 Å². The van der Waals surface area contributed by atoms with Crippen molar-refractivity contribution in [3.8, 4) is 0 Å². The van der Waals surface area contributed by atoms with Gasteiger partial charge in [-0.1, -0.05) is 6.92 Å². The lowest BCUT2D eigenvalue weighted by Gasteiger charge is -2.52. The Morgan fingerprint density at radius 2 is 1.81 bits per heavy atom. The average Bonchev–Trinajstić information content (AvgIpc) is 2.65. The summed E-state index contributed by atoms with van der Waals surface area (Å²) in [6.45, 7) is 18.6. The van der Waals surface area contributed by atoms with Gasteiger partial charge in [0.2, 0.25) is 0 Å². The number of nitrogens with zero attached hydrogens (tertiary/aromatic N) is 2. The van der Waals surface area contributed by atoms with E-state index in [2.05, 4.69) is 49.7 Å². The minimum atomic E-state index is -0.0382. The van der Waals surface area contributed by atoms with Crippen LogP contribution < -0.4 is 5.32 Å². The minimum absolute atomic E-state index is 0.00510. The molecule has 0 aliphatic carbocycles. The molecule has 4 nitrogen and oxygen atoms in total. The van der Waals surface area contributed by atoms with E-state index in [4.69, 9.17) is 4.74 Å². The average molecular weight is 295 g/mol. The molecular formula is C17H33N3O. The third-order valence-electron chi connectivity index (χ3n) is 5.75. The molecule has 0 aromatic heterocycles. The van der Waals surface area contributed by atoms with E-state index in [-0.39, 0.29) is 11.2 Å². The normalized spacial score (nSPS) is 42.1. The van der Waals surface area contributed by atoms with Crippen LogP contribution in [0.4, 0.5) is 0 Å². The number of nitrogens with one attached hydrogen (secondary N) is 1. The van der Waals surface area contributed by atoms with Crippen LogP contribution in [0, 0.1) is 5.92 Å². The van der Waals surface area contributed by atoms with Crippen molar-refractivity contribution < 1.29 is 4.74 Å². The van der Waals surface area contributed by atoms with Crippen molar-refractivity contribution in [1.82, 2.24) is 15.1 Å². The van der Waals surface area contributed by atoms with Gasteiger partial charge in [-0.3, -0.25) is 9.80 Å². The van der Waals surface area contributed by atoms with Crippen molar-refractivity contribution in [2.24, 2.45) is 5.92 Å². The molecule has 0 aromatic rings. The molecule has 4 rings (SSSR count). The molecule has 21 heavy (non-hydrogen) atoms. The summed E-state index contributed by atoms with van der Waals surface area (Å²) in [6.07, 6.45) is 1.15. The van der Waals surface area contributed by atoms with Gasteiger partial charge in [0.25, 0.3) is 0 Å². The highest BCUT2D eigenvalue weighted by Gasteiger charge is 2.52. The summed E-state index contributed by atoms with van der Waals surface area (Å²) in [5, 5.41) is 3.82. The van der Waals surface area contributed by atoms with Crippen molar-refractivity contribution >= 4 is 0 Å². The first-order valence-electron chi connectivity index (χ1n) is 8.72. The molecule has 0 spiro atoms. The Balaban J connectivity index is 1.81. The Hall–Kier alpha value is -0.160. The number of hydrogen-bond donors (Lipinski definition) is 1. The summed E-state index contributed by atoms with van der Waals surface area (Å²) in [5.41, 5.74) is -0.0331. The van der Waals surface area contributed by atoms with Gasteiger partial charge in [-0.25, -0.2) is 0 Å². The first-order valence-corrected chi connectivity index (χ1v) is 8.72. The fraction of sp³-hybridized carbons (Fsp3) is 1.00. The van der Waals surface area contributed by atoms with Gasteiger partial charge in [0.05, 0.1) is 11.2 Å². The third kappa shape index (κ3) is 3.00. The lowest BCUT2D eigenvalue weighted by molar-refractivity contribution is -0.0860. The SMILES string of the molecule is CCNC(C1CN2CCN1CC2)C1CC(C)(C)OC1(C)C. The third-order valence-corrected chi connectivity index (χ3v) is 5.75. The molecule has 0 aromatic carbocycles. The molecule has 4 heteroatoms. The summed E-state index contributed by atoms with van der Waals surface area (Å²) in [6, 6.07) is 1.18. The number of ether oxygens (including phenoxy) is 1. The summed E-state index contributed by atoms with van der Waals surface area (Å²) < 4.78 is 6.37. The highest BCUT2D eigenvalue weighted by atomic mass is 16.5. The number of piperazine rings is 3. The largest absolute Gasteiger partial charge is 0.369 e. The van der Waals surface area contributed by atoms with Crippen LogP contribution in [0.1, 0.15) is 41.0 Å². The zero-order valence-corrected chi connectivity index (χ0v) is 14.5. The molecule has 1 N–H and O–H groups in total. The summed E-state index contributed by atoms with van der Waals surface area (Å²) >= 11 is 0. The highest BCUT2D eigenvalue weighted by Crippen LogP contribution is 2.45. The lowest BCUT2D eigenvalue weighted by atomic mass is 9.77. The van der Waals surface area contributed by atoms with E-state index in [0.717, 1.165) is 13.0 Å². The van der Waals surface area contributed by atoms with Crippen molar-refractivity contribution in [2.45, 2.75) is 64.3 Å². The van der Waals surface area contributed by atoms with Crippen LogP contribution in [0.15, 0.2) is 0 Å². The summed E-state index contributed by atoms with van der Waals surface area (Å²) in [4.78, 5) is 5.36. The number of fused-ring (bicyclic) bond motifs is 3. The summed E-state index contributed by atoms with van der Waals surface area (Å²) in [5.74, 6) is 0.581. The Morgan fingerprint density at radius 1 is 1.14 bits per heavy atom. The number of rotatable bonds is 4. The number of hydrogen-bond acceptors (Lipinski definition) is 4. The van der Waals surface area contributed by atoms with Gasteiger partial charge in [-0.2, -0.15) is 0 Å². The summed E-state index contributed by atoms with van der Waals surface area (Å²) in [7, 11) is 0. The van der Waals surface area contributed by atoms with E-state index in [0.29, 0.717) is 18.0 Å². The molecule has 122 valence electrons. The first kappa shape index (κ1) is 15.7. The Morgan fingerprint density at radius 3 is 2.24 bits per heavy atom. The molecule has 0 radical (unpaired) electrons. The molecule has 4 aliphatic heterocycles. The molecule has 4 aliphatic rings. The minimum Gasteiger partial charge on any atom is -0.369 e. The molecule has 3 atom stereocenters. The molecule has 0 saturated carbocycles. The van der Waals surface area contributed by atoms with Crippen LogP contribution in [0.5, 0.6) is 0 Å². The van der Waals surface area contributed by atoms with E-state index >= 15 is 0 Å². The van der Waals surface area contributed by atoms with Crippen LogP contribution in [0.2, 0.25) is 0 Å². The highest BCUT2D eigenvalue weighted by molar-refractivity contribution is 5.05. The predicted molar refractivity (Wildman–Crippen MR) is 86.6 cm³/mol. The maximum Gasteiger partial charge on any atom is 0.0678 e. The molecule has 0 amide bonds. The quantitative estimate of drug-likeness (QED) is 0.852. The van der Waals surface area contributed by atoms with E-state index in [1.54, 1.807) is 0 Å². The molecule has 2 bridgehead atoms. The molecule has 4 fully saturated rings. The first-order chi connectivity index (χ1) is 9.82. The van der Waals surface area contributed by atoms with E-state index in [1.165, 1.54) is 32.7 Å². The fourth-order valence-corrected chi connectivity index (χ4v) is 4.94. The second-order valence-corrected chi connectivity index (χ2v) is 8.26. The van der Waals surface area contributed by atoms with Gasteiger partial charge in [0.1, 0.15) is 0 Å². The molecule has 3 unspecified atom stereocenters. The van der Waals surface area contributed by atoms with Gasteiger partial charge in [0.15, 0.2) is 0 Å². The Kier molecular flexibility index (Phi) is 4.11. The Labute approximate surface area is 130 Å². The second kappa shape index (κ2) is 5.48. The fourth-order valence-electron chi connectivity index (χ4n) is 4.94. The van der Waals surface area contributed by atoms with Crippen LogP contribution in [-0.2, 0) is 4.74 Å². The molecule has 4 heterocycles. The van der Waals surface area contributed by atoms with E-state index in [9.17, 15) is 0 Å². The van der Waals surface area contributed by atoms with Crippen LogP contribution in [0.3, 0.4) is 0 Å². The van der Waals surface area contributed by atoms with Crippen molar-refractivity contribution in [2.75, 3.05) is 39.3 Å². The van der Waals surface area contributed by atoms with Crippen LogP contribution in [0.25, 0.3) is 0 Å². The van der Waals surface area contributed by atoms with Crippen LogP contribution in [-0.4, -0.2) is 72.4 Å². The standard InChI is InChI=1S/C17H33N3O/c1-6-18-15(13-11-16(2,3)21-17(13,4)5)14-12-19-7-9-20(14)10-8-19/h13-15,18H,6-12H2,1-5H3. The smallest absolute Gasteiger partial charge is 0.0678 e. The second-order valence-electron chi connectivity index (χ2n) is 8.26. The maximum absolute atomic E-state index is 6.37. The van der Waals surface area contributed by atoms with E-state index < -0.39 is 0 Å². The predicted octanol–water partition coefficient (Wildman–Crippen LogP) is 1.56. The van der Waals surface area contributed by atoms with E-state index in [1.807, 2.05) is 0 Å². The number of likely N-dealkylation sites (N-methyl/N-ethyl adjacent to an activating group) is 1. The Bertz CT molecular complexity index is 374. The van der Waals surface area contributed by atoms with Crippen molar-refractivity contribution in [1.29, 1.82) is 0 Å². The zero-order valence-electron chi connectivity index (χ0n) is 14.5. The zero-order chi connectivity index (χ0) is 15.3. The van der Waals surface area contributed by atoms with Crippen LogP contribution >= 0.6 is 0 Å². The topological polar surface area (TPSA) is 27.7 Å². The van der Waals surface area contributed by atoms with Crippen molar-refractivity contribution in [3.63, 3.8) is 0 Å². The lowest BCUT2D eigenvalue weighted by Crippen LogP contribution is -2.68. The van der Waals surface area contributed by atoms with Gasteiger partial charge in [0, 0.05) is 50.7 Å². The molecule has 4 saturated heterocycles. The monoisotopic (exact) mass is 295 g/mol. The molecular weight excluding hydrogens is 262 g/mol. The van der Waals surface area contributed by atoms with Gasteiger partial charge in [-0.15, -0.1) is 0 Å². The van der Waals surface area contributed by atoms with Gasteiger partial charge >= 0.3 is 0 Å². The maximum atomic E-state index is 6.37.